The number of anilines is 1. The van der Waals surface area contributed by atoms with Crippen molar-refractivity contribution in [1.29, 1.82) is 0 Å². The Morgan fingerprint density at radius 3 is 2.29 bits per heavy atom. The number of carbonyl (C=O) groups is 5. The number of nitrogens with zero attached hydrogens (tertiary/aromatic N) is 3. The van der Waals surface area contributed by atoms with E-state index in [1.165, 1.54) is 0 Å². The third kappa shape index (κ3) is 3.03. The number of benzene rings is 2. The molecule has 9 nitrogen and oxygen atoms in total. The molecule has 3 fully saturated rings. The van der Waals surface area contributed by atoms with E-state index in [9.17, 15) is 24.0 Å². The summed E-state index contributed by atoms with van der Waals surface area (Å²) in [6, 6.07) is 13.4. The molecule has 0 radical (unpaired) electrons. The lowest BCUT2D eigenvalue weighted by molar-refractivity contribution is -0.136. The highest BCUT2D eigenvalue weighted by atomic mass is 16.2. The number of carbonyl (C=O) groups excluding carboxylic acids is 5. The Balaban J connectivity index is 1.13. The SMILES string of the molecule is O=C1CCC(N2C(=O)c3ccc(N4CC5(CN(C(=O)c6ccccc6)C5)C4)cc3C2=O)C(=O)N1. The normalized spacial score (nSPS) is 22.9. The summed E-state index contributed by atoms with van der Waals surface area (Å²) in [5.74, 6) is -1.98. The molecule has 172 valence electrons. The summed E-state index contributed by atoms with van der Waals surface area (Å²) in [6.07, 6.45) is 0.227. The fourth-order valence-electron chi connectivity index (χ4n) is 5.47. The van der Waals surface area contributed by atoms with E-state index < -0.39 is 29.7 Å². The van der Waals surface area contributed by atoms with Crippen molar-refractivity contribution in [2.24, 2.45) is 5.41 Å². The van der Waals surface area contributed by atoms with Crippen LogP contribution in [0.2, 0.25) is 0 Å². The zero-order chi connectivity index (χ0) is 23.6. The summed E-state index contributed by atoms with van der Waals surface area (Å²) in [5.41, 5.74) is 2.14. The second kappa shape index (κ2) is 7.24. The van der Waals surface area contributed by atoms with E-state index in [1.54, 1.807) is 12.1 Å². The molecular formula is C25H22N4O5. The number of rotatable bonds is 3. The molecule has 0 bridgehead atoms. The average Bonchev–Trinajstić information content (AvgIpc) is 3.02. The fraction of sp³-hybridized carbons (Fsp3) is 0.320. The minimum absolute atomic E-state index is 0.0415. The number of hydrogen-bond acceptors (Lipinski definition) is 6. The highest BCUT2D eigenvalue weighted by Crippen LogP contribution is 2.43. The van der Waals surface area contributed by atoms with Crippen molar-refractivity contribution < 1.29 is 24.0 Å². The zero-order valence-corrected chi connectivity index (χ0v) is 18.3. The number of amides is 5. The van der Waals surface area contributed by atoms with E-state index in [1.807, 2.05) is 41.3 Å². The van der Waals surface area contributed by atoms with Crippen LogP contribution in [0.3, 0.4) is 0 Å². The summed E-state index contributed by atoms with van der Waals surface area (Å²) in [6.45, 7) is 2.93. The number of nitrogens with one attached hydrogen (secondary N) is 1. The van der Waals surface area contributed by atoms with Crippen LogP contribution in [0.5, 0.6) is 0 Å². The zero-order valence-electron chi connectivity index (χ0n) is 18.3. The third-order valence-corrected chi connectivity index (χ3v) is 7.20. The maximum absolute atomic E-state index is 13.0. The predicted octanol–water partition coefficient (Wildman–Crippen LogP) is 1.05. The lowest BCUT2D eigenvalue weighted by Crippen LogP contribution is -2.73. The maximum atomic E-state index is 13.0. The van der Waals surface area contributed by atoms with E-state index in [0.717, 1.165) is 23.7 Å². The first-order valence-corrected chi connectivity index (χ1v) is 11.3. The quantitative estimate of drug-likeness (QED) is 0.689. The molecule has 5 amide bonds. The number of likely N-dealkylation sites (tertiary alicyclic amines) is 1. The molecule has 1 atom stereocenters. The van der Waals surface area contributed by atoms with Crippen LogP contribution in [0.25, 0.3) is 0 Å². The Kier molecular flexibility index (Phi) is 4.39. The van der Waals surface area contributed by atoms with Crippen molar-refractivity contribution in [1.82, 2.24) is 15.1 Å². The van der Waals surface area contributed by atoms with Gasteiger partial charge in [-0.1, -0.05) is 18.2 Å². The first-order chi connectivity index (χ1) is 16.3. The van der Waals surface area contributed by atoms with Crippen molar-refractivity contribution in [2.45, 2.75) is 18.9 Å². The summed E-state index contributed by atoms with van der Waals surface area (Å²) in [5, 5.41) is 2.21. The van der Waals surface area contributed by atoms with E-state index in [0.29, 0.717) is 18.7 Å². The van der Waals surface area contributed by atoms with Crippen LogP contribution >= 0.6 is 0 Å². The van der Waals surface area contributed by atoms with Crippen molar-refractivity contribution >= 4 is 35.2 Å². The fourth-order valence-corrected chi connectivity index (χ4v) is 5.47. The van der Waals surface area contributed by atoms with Gasteiger partial charge in [0.05, 0.1) is 11.1 Å². The van der Waals surface area contributed by atoms with Gasteiger partial charge in [0.1, 0.15) is 6.04 Å². The molecule has 1 unspecified atom stereocenters. The molecule has 4 aliphatic heterocycles. The number of fused-ring (bicyclic) bond motifs is 1. The first-order valence-electron chi connectivity index (χ1n) is 11.3. The molecule has 4 heterocycles. The van der Waals surface area contributed by atoms with Gasteiger partial charge in [-0.25, -0.2) is 0 Å². The van der Waals surface area contributed by atoms with Crippen LogP contribution in [0.15, 0.2) is 48.5 Å². The molecule has 2 aromatic rings. The second-order valence-electron chi connectivity index (χ2n) is 9.56. The summed E-state index contributed by atoms with van der Waals surface area (Å²) in [7, 11) is 0. The van der Waals surface area contributed by atoms with Crippen molar-refractivity contribution in [3.8, 4) is 0 Å². The molecule has 1 spiro atoms. The van der Waals surface area contributed by atoms with Crippen LogP contribution in [-0.4, -0.2) is 71.6 Å². The summed E-state index contributed by atoms with van der Waals surface area (Å²) < 4.78 is 0. The van der Waals surface area contributed by atoms with Crippen molar-refractivity contribution in [3.63, 3.8) is 0 Å². The third-order valence-electron chi connectivity index (χ3n) is 7.20. The monoisotopic (exact) mass is 458 g/mol. The van der Waals surface area contributed by atoms with Crippen molar-refractivity contribution in [2.75, 3.05) is 31.1 Å². The molecule has 0 aromatic heterocycles. The highest BCUT2D eigenvalue weighted by Gasteiger charge is 2.53. The predicted molar refractivity (Wildman–Crippen MR) is 120 cm³/mol. The molecular weight excluding hydrogens is 436 g/mol. The molecule has 0 saturated carbocycles. The van der Waals surface area contributed by atoms with E-state index >= 15 is 0 Å². The Labute approximate surface area is 195 Å². The van der Waals surface area contributed by atoms with Crippen LogP contribution in [0, 0.1) is 5.41 Å². The second-order valence-corrected chi connectivity index (χ2v) is 9.56. The van der Waals surface area contributed by atoms with Gasteiger partial charge in [-0.2, -0.15) is 0 Å². The average molecular weight is 458 g/mol. The highest BCUT2D eigenvalue weighted by molar-refractivity contribution is 6.23. The van der Waals surface area contributed by atoms with Gasteiger partial charge in [-0.05, 0) is 36.8 Å². The smallest absolute Gasteiger partial charge is 0.262 e. The van der Waals surface area contributed by atoms with Gasteiger partial charge in [0, 0.05) is 49.3 Å². The molecule has 4 aliphatic rings. The van der Waals surface area contributed by atoms with Gasteiger partial charge < -0.3 is 9.80 Å². The Morgan fingerprint density at radius 1 is 0.882 bits per heavy atom. The van der Waals surface area contributed by atoms with Crippen molar-refractivity contribution in [3.05, 3.63) is 65.2 Å². The molecule has 34 heavy (non-hydrogen) atoms. The van der Waals surface area contributed by atoms with Gasteiger partial charge in [0.25, 0.3) is 17.7 Å². The van der Waals surface area contributed by atoms with Crippen LogP contribution < -0.4 is 10.2 Å². The van der Waals surface area contributed by atoms with E-state index in [-0.39, 0.29) is 35.3 Å². The standard InChI is InChI=1S/C25H22N4O5/c30-20-9-8-19(21(31)26-20)29-23(33)17-7-6-16(10-18(17)24(29)34)27-11-25(12-27)13-28(14-25)22(32)15-4-2-1-3-5-15/h1-7,10,19H,8-9,11-14H2,(H,26,30,31). The largest absolute Gasteiger partial charge is 0.370 e. The van der Waals surface area contributed by atoms with E-state index in [2.05, 4.69) is 10.2 Å². The maximum Gasteiger partial charge on any atom is 0.262 e. The summed E-state index contributed by atoms with van der Waals surface area (Å²) >= 11 is 0. The van der Waals surface area contributed by atoms with Gasteiger partial charge >= 0.3 is 0 Å². The minimum atomic E-state index is -0.969. The van der Waals surface area contributed by atoms with Gasteiger partial charge in [0.15, 0.2) is 0 Å². The lowest BCUT2D eigenvalue weighted by atomic mass is 9.72. The van der Waals surface area contributed by atoms with Gasteiger partial charge in [-0.15, -0.1) is 0 Å². The number of hydrogen-bond donors (Lipinski definition) is 1. The molecule has 3 saturated heterocycles. The van der Waals surface area contributed by atoms with Crippen LogP contribution in [0.1, 0.15) is 43.9 Å². The molecule has 9 heteroatoms. The first kappa shape index (κ1) is 20.6. The lowest BCUT2D eigenvalue weighted by Gasteiger charge is -2.61. The molecule has 0 aliphatic carbocycles. The number of piperidine rings is 1. The van der Waals surface area contributed by atoms with E-state index in [4.69, 9.17) is 0 Å². The molecule has 1 N–H and O–H groups in total. The Morgan fingerprint density at radius 2 is 1.59 bits per heavy atom. The van der Waals surface area contributed by atoms with Crippen LogP contribution in [-0.2, 0) is 9.59 Å². The van der Waals surface area contributed by atoms with Gasteiger partial charge in [-0.3, -0.25) is 34.2 Å². The minimum Gasteiger partial charge on any atom is -0.370 e. The van der Waals surface area contributed by atoms with Gasteiger partial charge in [0.2, 0.25) is 11.8 Å². The molecule has 2 aromatic carbocycles. The summed E-state index contributed by atoms with van der Waals surface area (Å²) in [4.78, 5) is 67.1. The Hall–Kier alpha value is -4.01. The number of imide groups is 2. The molecule has 6 rings (SSSR count). The topological polar surface area (TPSA) is 107 Å². The Bertz CT molecular complexity index is 1260. The van der Waals surface area contributed by atoms with Crippen LogP contribution in [0.4, 0.5) is 5.69 Å².